The molecule has 8 heteroatoms. The van der Waals surface area contributed by atoms with Crippen LogP contribution in [0.25, 0.3) is 10.3 Å². The van der Waals surface area contributed by atoms with Crippen molar-refractivity contribution in [2.45, 2.75) is 51.1 Å². The van der Waals surface area contributed by atoms with E-state index in [1.54, 1.807) is 10.8 Å². The number of thiazole rings is 1. The van der Waals surface area contributed by atoms with Crippen molar-refractivity contribution in [2.75, 3.05) is 19.7 Å². The average molecular weight is 456 g/mol. The third-order valence-corrected chi connectivity index (χ3v) is 6.68. The van der Waals surface area contributed by atoms with Gasteiger partial charge in [-0.1, -0.05) is 37.0 Å². The van der Waals surface area contributed by atoms with Crippen LogP contribution in [-0.4, -0.2) is 45.5 Å². The largest absolute Gasteiger partial charge is 0.396 e. The van der Waals surface area contributed by atoms with Crippen LogP contribution in [0.3, 0.4) is 0 Å². The lowest BCUT2D eigenvalue weighted by Crippen LogP contribution is -2.42. The number of hydrogen-bond acceptors (Lipinski definition) is 6. The van der Waals surface area contributed by atoms with Crippen molar-refractivity contribution in [3.63, 3.8) is 0 Å². The molecule has 0 saturated carbocycles. The van der Waals surface area contributed by atoms with E-state index in [1.165, 1.54) is 19.3 Å². The maximum absolute atomic E-state index is 12.5. The number of unbranched alkanes of at least 4 members (excludes halogenated alkanes) is 3. The van der Waals surface area contributed by atoms with E-state index in [4.69, 9.17) is 5.11 Å². The summed E-state index contributed by atoms with van der Waals surface area (Å²) >= 11 is 4.49. The van der Waals surface area contributed by atoms with Gasteiger partial charge in [0, 0.05) is 30.4 Å². The lowest BCUT2D eigenvalue weighted by atomic mass is 9.91. The highest BCUT2D eigenvalue weighted by atomic mass is 79.9. The second-order valence-corrected chi connectivity index (χ2v) is 9.03. The minimum Gasteiger partial charge on any atom is -0.396 e. The van der Waals surface area contributed by atoms with Gasteiger partial charge < -0.3 is 5.11 Å². The highest BCUT2D eigenvalue weighted by Gasteiger charge is 2.28. The molecular weight excluding hydrogens is 430 g/mol. The summed E-state index contributed by atoms with van der Waals surface area (Å²) in [5.74, 6) is 0.689. The highest BCUT2D eigenvalue weighted by molar-refractivity contribution is 9.10. The van der Waals surface area contributed by atoms with Gasteiger partial charge >= 0.3 is 4.87 Å². The first-order valence-corrected chi connectivity index (χ1v) is 11.2. The predicted molar refractivity (Wildman–Crippen MR) is 111 cm³/mol. The van der Waals surface area contributed by atoms with Gasteiger partial charge in [-0.05, 0) is 47.2 Å². The lowest BCUT2D eigenvalue weighted by molar-refractivity contribution is -0.116. The topological polar surface area (TPSA) is 75.4 Å². The summed E-state index contributed by atoms with van der Waals surface area (Å²) in [6, 6.07) is 1.86. The Morgan fingerprint density at radius 3 is 2.74 bits per heavy atom. The summed E-state index contributed by atoms with van der Waals surface area (Å²) in [6.07, 6.45) is 9.69. The first kappa shape index (κ1) is 20.6. The molecule has 27 heavy (non-hydrogen) atoms. The first-order chi connectivity index (χ1) is 13.1. The van der Waals surface area contributed by atoms with E-state index in [1.807, 2.05) is 6.07 Å². The number of nitrogens with zero attached hydrogens (tertiary/aromatic N) is 3. The van der Waals surface area contributed by atoms with Gasteiger partial charge in [0.1, 0.15) is 11.0 Å². The predicted octanol–water partition coefficient (Wildman–Crippen LogP) is 3.57. The number of carbonyl (C=O) groups is 1. The smallest absolute Gasteiger partial charge is 0.311 e. The SMILES string of the molecule is O=CC(N1CCC(CCCCCCO)CC1)n1c(=O)sc2ncc(Br)cc21. The van der Waals surface area contributed by atoms with Gasteiger partial charge in [0.15, 0.2) is 6.29 Å². The van der Waals surface area contributed by atoms with E-state index in [9.17, 15) is 9.59 Å². The van der Waals surface area contributed by atoms with Crippen molar-refractivity contribution in [1.29, 1.82) is 0 Å². The fourth-order valence-electron chi connectivity index (χ4n) is 3.86. The molecule has 1 saturated heterocycles. The Morgan fingerprint density at radius 2 is 2.04 bits per heavy atom. The maximum atomic E-state index is 12.5. The van der Waals surface area contributed by atoms with Crippen LogP contribution in [0.15, 0.2) is 21.5 Å². The standard InChI is InChI=1S/C19H26BrN3O3S/c20-15-11-16-18(21-12-15)27-19(26)23(16)17(13-25)22-8-6-14(7-9-22)5-3-1-2-4-10-24/h11-14,17,24H,1-10H2. The van der Waals surface area contributed by atoms with E-state index in [2.05, 4.69) is 25.8 Å². The second-order valence-electron chi connectivity index (χ2n) is 7.17. The van der Waals surface area contributed by atoms with Crippen molar-refractivity contribution >= 4 is 43.9 Å². The summed E-state index contributed by atoms with van der Waals surface area (Å²) < 4.78 is 2.38. The zero-order valence-corrected chi connectivity index (χ0v) is 17.8. The Hall–Kier alpha value is -1.09. The van der Waals surface area contributed by atoms with Crippen LogP contribution in [0.2, 0.25) is 0 Å². The normalized spacial score (nSPS) is 17.4. The summed E-state index contributed by atoms with van der Waals surface area (Å²) in [6.45, 7) is 1.94. The monoisotopic (exact) mass is 455 g/mol. The fourth-order valence-corrected chi connectivity index (χ4v) is 5.02. The van der Waals surface area contributed by atoms with E-state index in [0.29, 0.717) is 16.3 Å². The van der Waals surface area contributed by atoms with Crippen molar-refractivity contribution in [3.05, 3.63) is 26.4 Å². The van der Waals surface area contributed by atoms with E-state index in [-0.39, 0.29) is 11.5 Å². The number of likely N-dealkylation sites (tertiary alicyclic amines) is 1. The molecule has 6 nitrogen and oxygen atoms in total. The van der Waals surface area contributed by atoms with Gasteiger partial charge in [-0.2, -0.15) is 0 Å². The van der Waals surface area contributed by atoms with Crippen LogP contribution >= 0.6 is 27.3 Å². The van der Waals surface area contributed by atoms with Crippen molar-refractivity contribution in [1.82, 2.24) is 14.5 Å². The van der Waals surface area contributed by atoms with E-state index < -0.39 is 6.17 Å². The Morgan fingerprint density at radius 1 is 1.30 bits per heavy atom. The summed E-state index contributed by atoms with van der Waals surface area (Å²) in [7, 11) is 0. The Labute approximate surface area is 171 Å². The van der Waals surface area contributed by atoms with Crippen LogP contribution in [0.1, 0.15) is 51.1 Å². The number of aliphatic hydroxyl groups is 1. The molecular formula is C19H26BrN3O3S. The third kappa shape index (κ3) is 5.04. The van der Waals surface area contributed by atoms with Gasteiger partial charge in [0.05, 0.1) is 5.52 Å². The molecule has 2 aromatic heterocycles. The molecule has 0 radical (unpaired) electrons. The minimum atomic E-state index is -0.562. The van der Waals surface area contributed by atoms with Gasteiger partial charge in [-0.15, -0.1) is 0 Å². The van der Waals surface area contributed by atoms with E-state index in [0.717, 1.165) is 60.9 Å². The zero-order valence-electron chi connectivity index (χ0n) is 15.3. The maximum Gasteiger partial charge on any atom is 0.311 e. The summed E-state index contributed by atoms with van der Waals surface area (Å²) in [5.41, 5.74) is 0.711. The molecule has 0 amide bonds. The lowest BCUT2D eigenvalue weighted by Gasteiger charge is -2.35. The molecule has 1 aliphatic heterocycles. The van der Waals surface area contributed by atoms with Gasteiger partial charge in [-0.3, -0.25) is 19.1 Å². The van der Waals surface area contributed by atoms with Crippen molar-refractivity contribution in [2.24, 2.45) is 5.92 Å². The van der Waals surface area contributed by atoms with Crippen LogP contribution in [0, 0.1) is 5.92 Å². The Balaban J connectivity index is 1.63. The van der Waals surface area contributed by atoms with Crippen LogP contribution in [0.4, 0.5) is 0 Å². The molecule has 3 rings (SSSR count). The molecule has 1 atom stereocenters. The van der Waals surface area contributed by atoms with Crippen molar-refractivity contribution in [3.8, 4) is 0 Å². The molecule has 1 fully saturated rings. The fraction of sp³-hybridized carbons (Fsp3) is 0.632. The molecule has 1 aliphatic rings. The Kier molecular flexibility index (Phi) is 7.57. The number of hydrogen-bond donors (Lipinski definition) is 1. The summed E-state index contributed by atoms with van der Waals surface area (Å²) in [4.78, 5) is 31.3. The molecule has 1 unspecified atom stereocenters. The third-order valence-electron chi connectivity index (χ3n) is 5.37. The summed E-state index contributed by atoms with van der Waals surface area (Å²) in [5, 5.41) is 8.83. The molecule has 0 aromatic carbocycles. The quantitative estimate of drug-likeness (QED) is 0.461. The number of carbonyl (C=O) groups excluding carboxylic acids is 1. The van der Waals surface area contributed by atoms with Crippen molar-refractivity contribution < 1.29 is 9.90 Å². The zero-order chi connectivity index (χ0) is 19.2. The number of aliphatic hydroxyl groups excluding tert-OH is 1. The van der Waals surface area contributed by atoms with Crippen LogP contribution in [-0.2, 0) is 4.79 Å². The molecule has 1 N–H and O–H groups in total. The number of halogens is 1. The molecule has 0 aliphatic carbocycles. The number of rotatable bonds is 9. The van der Waals surface area contributed by atoms with Crippen LogP contribution in [0.5, 0.6) is 0 Å². The van der Waals surface area contributed by atoms with Gasteiger partial charge in [0.2, 0.25) is 0 Å². The molecule has 148 valence electrons. The minimum absolute atomic E-state index is 0.140. The number of pyridine rings is 1. The second kappa shape index (κ2) is 9.91. The van der Waals surface area contributed by atoms with Gasteiger partial charge in [-0.25, -0.2) is 4.98 Å². The van der Waals surface area contributed by atoms with E-state index >= 15 is 0 Å². The number of piperidine rings is 1. The average Bonchev–Trinajstić information content (AvgIpc) is 2.99. The number of fused-ring (bicyclic) bond motifs is 1. The molecule has 0 spiro atoms. The Bertz CT molecular complexity index is 814. The molecule has 2 aromatic rings. The van der Waals surface area contributed by atoms with Crippen LogP contribution < -0.4 is 4.87 Å². The van der Waals surface area contributed by atoms with Gasteiger partial charge in [0.25, 0.3) is 0 Å². The number of aldehydes is 1. The number of aromatic nitrogens is 2. The first-order valence-electron chi connectivity index (χ1n) is 9.61. The molecule has 3 heterocycles. The highest BCUT2D eigenvalue weighted by Crippen LogP contribution is 2.28. The molecule has 0 bridgehead atoms.